The maximum absolute atomic E-state index is 13.7. The Labute approximate surface area is 266 Å². The zero-order valence-corrected chi connectivity index (χ0v) is 26.0. The van der Waals surface area contributed by atoms with Gasteiger partial charge >= 0.3 is 5.97 Å². The van der Waals surface area contributed by atoms with Gasteiger partial charge in [0.05, 0.1) is 21.3 Å². The van der Waals surface area contributed by atoms with E-state index in [-0.39, 0.29) is 31.8 Å². The second-order valence-corrected chi connectivity index (χ2v) is 10.4. The summed E-state index contributed by atoms with van der Waals surface area (Å²) in [6.07, 6.45) is 2.65. The molecule has 0 saturated carbocycles. The Morgan fingerprint density at radius 2 is 1.65 bits per heavy atom. The molecule has 2 atom stereocenters. The number of guanidine groups is 1. The molecule has 3 aromatic rings. The number of carbonyl (C=O) groups excluding carboxylic acids is 3. The van der Waals surface area contributed by atoms with Crippen LogP contribution in [0.1, 0.15) is 30.4 Å². The van der Waals surface area contributed by atoms with Crippen molar-refractivity contribution in [2.45, 2.75) is 44.2 Å². The van der Waals surface area contributed by atoms with Crippen LogP contribution in [0.2, 0.25) is 0 Å². The molecule has 0 aliphatic heterocycles. The normalized spacial score (nSPS) is 12.0. The average molecular weight is 640 g/mol. The summed E-state index contributed by atoms with van der Waals surface area (Å²) >= 11 is 0. The maximum Gasteiger partial charge on any atom is 0.322 e. The highest BCUT2D eigenvalue weighted by Gasteiger charge is 2.28. The minimum absolute atomic E-state index is 0.0234. The molecule has 15 nitrogen and oxygen atoms in total. The molecule has 0 spiro atoms. The summed E-state index contributed by atoms with van der Waals surface area (Å²) in [5, 5.41) is 27.6. The lowest BCUT2D eigenvalue weighted by molar-refractivity contribution is -0.138. The monoisotopic (exact) mass is 639 g/mol. The van der Waals surface area contributed by atoms with Gasteiger partial charge in [-0.05, 0) is 48.6 Å². The van der Waals surface area contributed by atoms with Crippen LogP contribution in [0, 0.1) is 5.41 Å². The summed E-state index contributed by atoms with van der Waals surface area (Å²) in [4.78, 5) is 54.0. The van der Waals surface area contributed by atoms with Crippen molar-refractivity contribution in [3.63, 3.8) is 0 Å². The Morgan fingerprint density at radius 3 is 2.28 bits per heavy atom. The van der Waals surface area contributed by atoms with Crippen LogP contribution in [0.15, 0.2) is 42.6 Å². The minimum atomic E-state index is -1.24. The number of amides is 3. The van der Waals surface area contributed by atoms with Crippen LogP contribution >= 0.6 is 0 Å². The van der Waals surface area contributed by atoms with Gasteiger partial charge in [0.2, 0.25) is 23.5 Å². The number of H-pyrrole nitrogens is 1. The van der Waals surface area contributed by atoms with Crippen molar-refractivity contribution in [1.82, 2.24) is 26.3 Å². The summed E-state index contributed by atoms with van der Waals surface area (Å²) < 4.78 is 16.2. The first kappa shape index (κ1) is 35.0. The molecule has 0 aliphatic carbocycles. The van der Waals surface area contributed by atoms with Gasteiger partial charge in [-0.1, -0.05) is 18.2 Å². The van der Waals surface area contributed by atoms with E-state index in [1.165, 1.54) is 21.3 Å². The molecule has 0 saturated heterocycles. The van der Waals surface area contributed by atoms with E-state index in [0.29, 0.717) is 30.1 Å². The van der Waals surface area contributed by atoms with Gasteiger partial charge in [0.25, 0.3) is 0 Å². The Kier molecular flexibility index (Phi) is 13.0. The Hall–Kier alpha value is -5.47. The quantitative estimate of drug-likeness (QED) is 0.0554. The zero-order valence-electron chi connectivity index (χ0n) is 26.0. The first-order valence-electron chi connectivity index (χ1n) is 14.6. The lowest BCUT2D eigenvalue weighted by Crippen LogP contribution is -2.55. The number of hydrogen-bond acceptors (Lipinski definition) is 8. The predicted molar refractivity (Wildman–Crippen MR) is 170 cm³/mol. The molecule has 1 heterocycles. The van der Waals surface area contributed by atoms with Gasteiger partial charge in [0.1, 0.15) is 18.6 Å². The van der Waals surface area contributed by atoms with E-state index in [0.717, 1.165) is 22.0 Å². The zero-order chi connectivity index (χ0) is 33.6. The third-order valence-electron chi connectivity index (χ3n) is 7.15. The molecule has 9 N–H and O–H groups in total. The number of ether oxygens (including phenoxy) is 3. The second kappa shape index (κ2) is 17.1. The van der Waals surface area contributed by atoms with Gasteiger partial charge in [-0.3, -0.25) is 24.6 Å². The summed E-state index contributed by atoms with van der Waals surface area (Å²) in [5.41, 5.74) is 7.70. The van der Waals surface area contributed by atoms with Gasteiger partial charge in [0.15, 0.2) is 17.5 Å². The predicted octanol–water partition coefficient (Wildman–Crippen LogP) is 0.803. The third-order valence-corrected chi connectivity index (χ3v) is 7.15. The first-order valence-corrected chi connectivity index (χ1v) is 14.6. The molecule has 1 aromatic heterocycles. The van der Waals surface area contributed by atoms with Crippen molar-refractivity contribution in [3.05, 3.63) is 53.7 Å². The minimum Gasteiger partial charge on any atom is -0.493 e. The second-order valence-electron chi connectivity index (χ2n) is 10.4. The van der Waals surface area contributed by atoms with Crippen molar-refractivity contribution in [2.75, 3.05) is 34.4 Å². The number of hydrogen-bond donors (Lipinski definition) is 8. The van der Waals surface area contributed by atoms with E-state index in [4.69, 9.17) is 30.5 Å². The number of carbonyl (C=O) groups is 4. The fraction of sp³-hybridized carbons (Fsp3) is 0.387. The Morgan fingerprint density at radius 1 is 0.957 bits per heavy atom. The summed E-state index contributed by atoms with van der Waals surface area (Å²) in [6, 6.07) is 8.83. The number of nitrogens with two attached hydrogens (primary N) is 1. The fourth-order valence-corrected chi connectivity index (χ4v) is 4.89. The molecule has 0 radical (unpaired) electrons. The molecule has 0 unspecified atom stereocenters. The van der Waals surface area contributed by atoms with Crippen molar-refractivity contribution >= 4 is 40.6 Å². The third kappa shape index (κ3) is 10.0. The average Bonchev–Trinajstić information content (AvgIpc) is 3.45. The van der Waals surface area contributed by atoms with E-state index in [2.05, 4.69) is 26.3 Å². The SMILES string of the molecule is COc1cc(CCC(=O)N[C@@H](Cc2c[nH]c3ccccc23)C(=O)N[C@@H](CCCNC(=N)N)C(=O)NCC(=O)O)cc(OC)c1OC. The van der Waals surface area contributed by atoms with E-state index in [1.807, 2.05) is 24.3 Å². The van der Waals surface area contributed by atoms with Crippen molar-refractivity contribution in [3.8, 4) is 17.2 Å². The molecule has 15 heteroatoms. The van der Waals surface area contributed by atoms with Gasteiger partial charge in [-0.2, -0.15) is 0 Å². The lowest BCUT2D eigenvalue weighted by Gasteiger charge is -2.23. The molecule has 3 amide bonds. The van der Waals surface area contributed by atoms with Gasteiger partial charge in [0, 0.05) is 36.5 Å². The van der Waals surface area contributed by atoms with Crippen LogP contribution in [0.5, 0.6) is 17.2 Å². The highest BCUT2D eigenvalue weighted by molar-refractivity contribution is 5.93. The van der Waals surface area contributed by atoms with Crippen LogP contribution in [0.25, 0.3) is 10.9 Å². The molecule has 2 aromatic carbocycles. The van der Waals surface area contributed by atoms with Crippen molar-refractivity contribution in [2.24, 2.45) is 5.73 Å². The number of aryl methyl sites for hydroxylation is 1. The van der Waals surface area contributed by atoms with E-state index >= 15 is 0 Å². The number of carboxylic acids is 1. The van der Waals surface area contributed by atoms with Crippen LogP contribution in [-0.4, -0.2) is 86.2 Å². The van der Waals surface area contributed by atoms with E-state index in [9.17, 15) is 19.2 Å². The number of para-hydroxylation sites is 1. The summed E-state index contributed by atoms with van der Waals surface area (Å²) in [5.74, 6) is -1.91. The van der Waals surface area contributed by atoms with E-state index < -0.39 is 42.3 Å². The highest BCUT2D eigenvalue weighted by atomic mass is 16.5. The van der Waals surface area contributed by atoms with Crippen molar-refractivity contribution in [1.29, 1.82) is 5.41 Å². The fourth-order valence-electron chi connectivity index (χ4n) is 4.89. The smallest absolute Gasteiger partial charge is 0.322 e. The van der Waals surface area contributed by atoms with Crippen molar-refractivity contribution < 1.29 is 38.5 Å². The van der Waals surface area contributed by atoms with Gasteiger partial charge < -0.3 is 51.3 Å². The molecule has 3 rings (SSSR count). The number of aromatic amines is 1. The van der Waals surface area contributed by atoms with Crippen LogP contribution in [0.3, 0.4) is 0 Å². The number of aromatic nitrogens is 1. The number of aliphatic carboxylic acids is 1. The summed E-state index contributed by atoms with van der Waals surface area (Å²) in [6.45, 7) is -0.377. The lowest BCUT2D eigenvalue weighted by atomic mass is 10.0. The number of methoxy groups -OCH3 is 3. The van der Waals surface area contributed by atoms with Gasteiger partial charge in [-0.25, -0.2) is 0 Å². The Bertz CT molecular complexity index is 1520. The molecule has 0 bridgehead atoms. The van der Waals surface area contributed by atoms with Crippen LogP contribution in [-0.2, 0) is 32.0 Å². The highest BCUT2D eigenvalue weighted by Crippen LogP contribution is 2.38. The van der Waals surface area contributed by atoms with Crippen LogP contribution in [0.4, 0.5) is 0 Å². The Balaban J connectivity index is 1.80. The number of rotatable bonds is 18. The maximum atomic E-state index is 13.7. The number of fused-ring (bicyclic) bond motifs is 1. The summed E-state index contributed by atoms with van der Waals surface area (Å²) in [7, 11) is 4.49. The van der Waals surface area contributed by atoms with Gasteiger partial charge in [-0.15, -0.1) is 0 Å². The number of benzene rings is 2. The number of nitrogens with one attached hydrogen (secondary N) is 6. The molecule has 0 aliphatic rings. The molecule has 46 heavy (non-hydrogen) atoms. The standard InChI is InChI=1S/C31H41N7O8/c1-44-24-13-18(14-25(45-2)28(24)46-3)10-11-26(39)37-23(15-19-16-35-21-8-5-4-7-20(19)21)30(43)38-22(9-6-12-34-31(32)33)29(42)36-17-27(40)41/h4-5,7-8,13-14,16,22-23,35H,6,9-12,15,17H2,1-3H3,(H,36,42)(H,37,39)(H,38,43)(H,40,41)(H4,32,33,34)/t22-,23-/m0/s1. The number of carboxylic acid groups (broad SMARTS) is 1. The molecular formula is C31H41N7O8. The molecular weight excluding hydrogens is 598 g/mol. The first-order chi connectivity index (χ1) is 22.1. The van der Waals surface area contributed by atoms with Crippen LogP contribution < -0.4 is 41.2 Å². The molecule has 0 fully saturated rings. The topological polar surface area (TPSA) is 230 Å². The molecule has 248 valence electrons. The van der Waals surface area contributed by atoms with E-state index in [1.54, 1.807) is 18.3 Å². The largest absolute Gasteiger partial charge is 0.493 e.